The number of benzene rings is 1. The number of nitrogens with zero attached hydrogens (tertiary/aromatic N) is 3. The summed E-state index contributed by atoms with van der Waals surface area (Å²) in [6.07, 6.45) is 3.80. The van der Waals surface area contributed by atoms with Gasteiger partial charge < -0.3 is 14.0 Å². The minimum absolute atomic E-state index is 0.0273. The Morgan fingerprint density at radius 3 is 2.52 bits per heavy atom. The van der Waals surface area contributed by atoms with Gasteiger partial charge in [-0.1, -0.05) is 18.2 Å². The maximum atomic E-state index is 13.0. The summed E-state index contributed by atoms with van der Waals surface area (Å²) in [5.74, 6) is 0.0273. The van der Waals surface area contributed by atoms with Crippen molar-refractivity contribution in [2.45, 2.75) is 12.8 Å². The highest BCUT2D eigenvalue weighted by molar-refractivity contribution is 6.17. The van der Waals surface area contributed by atoms with Crippen LogP contribution in [0.1, 0.15) is 23.2 Å². The van der Waals surface area contributed by atoms with Crippen molar-refractivity contribution in [1.29, 1.82) is 0 Å². The summed E-state index contributed by atoms with van der Waals surface area (Å²) < 4.78 is 3.41. The molecule has 0 N–H and O–H groups in total. The van der Waals surface area contributed by atoms with Crippen LogP contribution in [0.3, 0.4) is 0 Å². The van der Waals surface area contributed by atoms with Crippen LogP contribution in [0, 0.1) is 0 Å². The number of aryl methyl sites for hydroxylation is 2. The molecule has 118 valence electrons. The second kappa shape index (κ2) is 4.98. The minimum Gasteiger partial charge on any atom is -0.339 e. The van der Waals surface area contributed by atoms with E-state index in [1.165, 1.54) is 4.57 Å². The number of rotatable bonds is 1. The summed E-state index contributed by atoms with van der Waals surface area (Å²) in [6, 6.07) is 7.87. The third-order valence-electron chi connectivity index (χ3n) is 4.85. The lowest BCUT2D eigenvalue weighted by atomic mass is 10.1. The average Bonchev–Trinajstić information content (AvgIpc) is 3.18. The van der Waals surface area contributed by atoms with Crippen molar-refractivity contribution in [3.63, 3.8) is 0 Å². The number of carbonyl (C=O) groups excluding carboxylic acids is 1. The lowest BCUT2D eigenvalue weighted by molar-refractivity contribution is 0.0794. The zero-order valence-corrected chi connectivity index (χ0v) is 13.4. The van der Waals surface area contributed by atoms with E-state index in [4.69, 9.17) is 0 Å². The van der Waals surface area contributed by atoms with Crippen LogP contribution in [0.5, 0.6) is 0 Å². The van der Waals surface area contributed by atoms with Gasteiger partial charge in [0.2, 0.25) is 0 Å². The molecule has 1 saturated heterocycles. The topological polar surface area (TPSA) is 47.2 Å². The standard InChI is InChI=1S/C18H19N3O2/c1-19-11-13(17(22)21-9-5-6-10-21)15-12-7-3-4-8-14(12)20(2)16(15)18(19)23/h3-4,7-8,11H,5-6,9-10H2,1-2H3. The molecule has 1 aromatic carbocycles. The number of amides is 1. The fourth-order valence-electron chi connectivity index (χ4n) is 3.65. The van der Waals surface area contributed by atoms with Gasteiger partial charge in [0.05, 0.1) is 5.56 Å². The van der Waals surface area contributed by atoms with E-state index in [0.29, 0.717) is 11.1 Å². The van der Waals surface area contributed by atoms with Gasteiger partial charge in [0.15, 0.2) is 0 Å². The van der Waals surface area contributed by atoms with Crippen molar-refractivity contribution in [1.82, 2.24) is 14.0 Å². The van der Waals surface area contributed by atoms with Crippen LogP contribution in [0.4, 0.5) is 0 Å². The molecule has 0 spiro atoms. The van der Waals surface area contributed by atoms with Crippen LogP contribution in [-0.2, 0) is 14.1 Å². The first kappa shape index (κ1) is 14.1. The number of aromatic nitrogens is 2. The molecule has 1 fully saturated rings. The fraction of sp³-hybridized carbons (Fsp3) is 0.333. The largest absolute Gasteiger partial charge is 0.339 e. The molecule has 3 aromatic rings. The number of hydrogen-bond acceptors (Lipinski definition) is 2. The first-order valence-corrected chi connectivity index (χ1v) is 7.95. The van der Waals surface area contributed by atoms with Crippen molar-refractivity contribution in [2.24, 2.45) is 14.1 Å². The zero-order valence-electron chi connectivity index (χ0n) is 13.4. The molecule has 5 nitrogen and oxygen atoms in total. The molecule has 5 heteroatoms. The van der Waals surface area contributed by atoms with Gasteiger partial charge in [-0.25, -0.2) is 0 Å². The smallest absolute Gasteiger partial charge is 0.274 e. The first-order chi connectivity index (χ1) is 11.1. The molecular weight excluding hydrogens is 290 g/mol. The van der Waals surface area contributed by atoms with Crippen molar-refractivity contribution >= 4 is 27.7 Å². The van der Waals surface area contributed by atoms with Crippen LogP contribution in [0.25, 0.3) is 21.8 Å². The van der Waals surface area contributed by atoms with E-state index in [0.717, 1.165) is 42.2 Å². The molecule has 1 aliphatic heterocycles. The SMILES string of the molecule is Cn1cc(C(=O)N2CCCC2)c2c3ccccc3n(C)c2c1=O. The number of carbonyl (C=O) groups is 1. The number of likely N-dealkylation sites (tertiary alicyclic amines) is 1. The summed E-state index contributed by atoms with van der Waals surface area (Å²) in [5.41, 5.74) is 2.12. The summed E-state index contributed by atoms with van der Waals surface area (Å²) in [5, 5.41) is 1.74. The number of hydrogen-bond donors (Lipinski definition) is 0. The van der Waals surface area contributed by atoms with Gasteiger partial charge >= 0.3 is 0 Å². The minimum atomic E-state index is -0.0725. The van der Waals surface area contributed by atoms with Gasteiger partial charge in [-0.05, 0) is 18.9 Å². The second-order valence-electron chi connectivity index (χ2n) is 6.26. The summed E-state index contributed by atoms with van der Waals surface area (Å²) >= 11 is 0. The fourth-order valence-corrected chi connectivity index (χ4v) is 3.65. The lowest BCUT2D eigenvalue weighted by Crippen LogP contribution is -2.30. The van der Waals surface area contributed by atoms with E-state index < -0.39 is 0 Å². The molecule has 2 aromatic heterocycles. The van der Waals surface area contributed by atoms with Gasteiger partial charge in [0.1, 0.15) is 5.52 Å². The van der Waals surface area contributed by atoms with E-state index in [1.807, 2.05) is 40.8 Å². The van der Waals surface area contributed by atoms with Crippen molar-refractivity contribution < 1.29 is 4.79 Å². The van der Waals surface area contributed by atoms with Crippen LogP contribution >= 0.6 is 0 Å². The molecule has 0 aliphatic carbocycles. The lowest BCUT2D eigenvalue weighted by Gasteiger charge is -2.16. The molecule has 4 rings (SSSR count). The molecule has 0 radical (unpaired) electrons. The second-order valence-corrected chi connectivity index (χ2v) is 6.26. The van der Waals surface area contributed by atoms with Gasteiger partial charge in [0, 0.05) is 49.7 Å². The van der Waals surface area contributed by atoms with Gasteiger partial charge in [-0.15, -0.1) is 0 Å². The molecule has 23 heavy (non-hydrogen) atoms. The average molecular weight is 309 g/mol. The third kappa shape index (κ3) is 1.92. The van der Waals surface area contributed by atoms with Crippen LogP contribution < -0.4 is 5.56 Å². The van der Waals surface area contributed by atoms with Crippen molar-refractivity contribution in [2.75, 3.05) is 13.1 Å². The van der Waals surface area contributed by atoms with Crippen molar-refractivity contribution in [3.05, 3.63) is 46.4 Å². The molecule has 0 unspecified atom stereocenters. The molecule has 1 aliphatic rings. The Kier molecular flexibility index (Phi) is 3.04. The van der Waals surface area contributed by atoms with Crippen LogP contribution in [0.15, 0.2) is 35.3 Å². The van der Waals surface area contributed by atoms with Gasteiger partial charge in [-0.2, -0.15) is 0 Å². The summed E-state index contributed by atoms with van der Waals surface area (Å²) in [6.45, 7) is 1.60. The maximum Gasteiger partial charge on any atom is 0.274 e. The van der Waals surface area contributed by atoms with E-state index in [-0.39, 0.29) is 11.5 Å². The molecule has 0 atom stereocenters. The Labute approximate surface area is 133 Å². The predicted molar refractivity (Wildman–Crippen MR) is 90.8 cm³/mol. The zero-order chi connectivity index (χ0) is 16.1. The summed E-state index contributed by atoms with van der Waals surface area (Å²) in [7, 11) is 3.59. The molecule has 0 bridgehead atoms. The highest BCUT2D eigenvalue weighted by Gasteiger charge is 2.25. The van der Waals surface area contributed by atoms with E-state index in [2.05, 4.69) is 0 Å². The van der Waals surface area contributed by atoms with Crippen molar-refractivity contribution in [3.8, 4) is 0 Å². The van der Waals surface area contributed by atoms with Crippen LogP contribution in [-0.4, -0.2) is 33.0 Å². The van der Waals surface area contributed by atoms with Crippen LogP contribution in [0.2, 0.25) is 0 Å². The Morgan fingerprint density at radius 2 is 1.78 bits per heavy atom. The van der Waals surface area contributed by atoms with Gasteiger partial charge in [-0.3, -0.25) is 9.59 Å². The Hall–Kier alpha value is -2.56. The number of para-hydroxylation sites is 1. The highest BCUT2D eigenvalue weighted by Crippen LogP contribution is 2.29. The monoisotopic (exact) mass is 309 g/mol. The molecule has 0 saturated carbocycles. The third-order valence-corrected chi connectivity index (χ3v) is 4.85. The van der Waals surface area contributed by atoms with E-state index >= 15 is 0 Å². The molecule has 1 amide bonds. The molecular formula is C18H19N3O2. The summed E-state index contributed by atoms with van der Waals surface area (Å²) in [4.78, 5) is 27.5. The van der Waals surface area contributed by atoms with Gasteiger partial charge in [0.25, 0.3) is 11.5 Å². The normalized spacial score (nSPS) is 15.0. The quantitative estimate of drug-likeness (QED) is 0.692. The Balaban J connectivity index is 2.12. The molecule has 3 heterocycles. The highest BCUT2D eigenvalue weighted by atomic mass is 16.2. The Morgan fingerprint density at radius 1 is 1.09 bits per heavy atom. The van der Waals surface area contributed by atoms with E-state index in [9.17, 15) is 9.59 Å². The Bertz CT molecular complexity index is 991. The van der Waals surface area contributed by atoms with E-state index in [1.54, 1.807) is 13.2 Å². The predicted octanol–water partition coefficient (Wildman–Crippen LogP) is 2.27. The number of fused-ring (bicyclic) bond motifs is 3. The first-order valence-electron chi connectivity index (χ1n) is 7.95. The number of pyridine rings is 1. The maximum absolute atomic E-state index is 13.0.